The summed E-state index contributed by atoms with van der Waals surface area (Å²) < 4.78 is 45.1. The van der Waals surface area contributed by atoms with Crippen LogP contribution in [0.5, 0.6) is 0 Å². The van der Waals surface area contributed by atoms with E-state index < -0.39 is 27.7 Å². The molecule has 0 bridgehead atoms. The quantitative estimate of drug-likeness (QED) is 0.243. The van der Waals surface area contributed by atoms with E-state index in [1.165, 1.54) is 50.5 Å². The maximum absolute atomic E-state index is 14.9. The van der Waals surface area contributed by atoms with Crippen LogP contribution in [0.15, 0.2) is 83.1 Å². The Hall–Kier alpha value is -4.48. The third kappa shape index (κ3) is 4.88. The molecule has 0 atom stereocenters. The van der Waals surface area contributed by atoms with E-state index in [1.807, 2.05) is 24.0 Å². The lowest BCUT2D eigenvalue weighted by molar-refractivity contribution is -0.142. The first-order valence-corrected chi connectivity index (χ1v) is 15.8. The second kappa shape index (κ2) is 10.7. The second-order valence-corrected chi connectivity index (χ2v) is 13.5. The number of aliphatic carboxylic acids is 1. The van der Waals surface area contributed by atoms with E-state index in [4.69, 9.17) is 0 Å². The van der Waals surface area contributed by atoms with Gasteiger partial charge in [-0.1, -0.05) is 29.8 Å². The highest BCUT2D eigenvalue weighted by Gasteiger charge is 2.34. The first kappa shape index (κ1) is 28.6. The highest BCUT2D eigenvalue weighted by atomic mass is 32.2. The van der Waals surface area contributed by atoms with E-state index in [0.717, 1.165) is 11.3 Å². The number of amides is 1. The summed E-state index contributed by atoms with van der Waals surface area (Å²) in [5.41, 5.74) is 3.60. The average Bonchev–Trinajstić information content (AvgIpc) is 3.54. The molecule has 5 aromatic rings. The molecule has 43 heavy (non-hydrogen) atoms. The highest BCUT2D eigenvalue weighted by molar-refractivity contribution is 7.90. The Kier molecular flexibility index (Phi) is 7.10. The fraction of sp³-hybridized carbons (Fsp3) is 0.188. The standard InChI is InChI=1S/C32H28FN3O5S2/c1-19-7-10-24(11-8-19)43(40,41)36-27-12-9-22(33)16-26(27)28(25-13-14-42-30(25)31(37)34(2)3)29(36)20-5-4-6-23(15-20)35-17-21(18-35)32(38)39/h4-16,21H,17-18H2,1-3H3,(H,38,39). The molecule has 2 aromatic heterocycles. The number of carboxylic acids is 1. The highest BCUT2D eigenvalue weighted by Crippen LogP contribution is 2.46. The number of rotatable bonds is 7. The van der Waals surface area contributed by atoms with Gasteiger partial charge in [0.15, 0.2) is 0 Å². The number of halogens is 1. The minimum Gasteiger partial charge on any atom is -0.481 e. The molecule has 0 spiro atoms. The lowest BCUT2D eigenvalue weighted by atomic mass is 9.96. The molecular weight excluding hydrogens is 590 g/mol. The Morgan fingerprint density at radius 2 is 1.72 bits per heavy atom. The molecule has 6 rings (SSSR count). The van der Waals surface area contributed by atoms with Crippen LogP contribution in [-0.2, 0) is 14.8 Å². The SMILES string of the molecule is Cc1ccc(S(=O)(=O)n2c(-c3cccc(N4CC(C(=O)O)C4)c3)c(-c3ccsc3C(=O)N(C)C)c3cc(F)ccc32)cc1. The minimum absolute atomic E-state index is 0.0604. The van der Waals surface area contributed by atoms with Crippen LogP contribution < -0.4 is 4.90 Å². The van der Waals surface area contributed by atoms with Crippen molar-refractivity contribution in [1.82, 2.24) is 8.87 Å². The first-order chi connectivity index (χ1) is 20.5. The Morgan fingerprint density at radius 3 is 2.40 bits per heavy atom. The summed E-state index contributed by atoms with van der Waals surface area (Å²) in [6.45, 7) is 2.52. The molecule has 3 aromatic carbocycles. The van der Waals surface area contributed by atoms with Crippen molar-refractivity contribution < 1.29 is 27.5 Å². The normalized spacial score (nSPS) is 13.7. The van der Waals surface area contributed by atoms with Crippen molar-refractivity contribution in [2.75, 3.05) is 32.1 Å². The number of aromatic nitrogens is 1. The summed E-state index contributed by atoms with van der Waals surface area (Å²) in [5.74, 6) is -2.16. The molecule has 8 nitrogen and oxygen atoms in total. The summed E-state index contributed by atoms with van der Waals surface area (Å²) in [6, 6.07) is 19.4. The van der Waals surface area contributed by atoms with Crippen LogP contribution in [0, 0.1) is 18.7 Å². The molecule has 0 aliphatic carbocycles. The number of fused-ring (bicyclic) bond motifs is 1. The maximum Gasteiger partial charge on any atom is 0.310 e. The number of hydrogen-bond donors (Lipinski definition) is 1. The van der Waals surface area contributed by atoms with Gasteiger partial charge in [-0.2, -0.15) is 0 Å². The number of carboxylic acid groups (broad SMARTS) is 1. The topological polar surface area (TPSA) is 99.9 Å². The third-order valence-corrected chi connectivity index (χ3v) is 10.3. The van der Waals surface area contributed by atoms with Gasteiger partial charge in [0.2, 0.25) is 0 Å². The largest absolute Gasteiger partial charge is 0.481 e. The Balaban J connectivity index is 1.68. The second-order valence-electron chi connectivity index (χ2n) is 10.8. The molecule has 0 radical (unpaired) electrons. The van der Waals surface area contributed by atoms with E-state index in [1.54, 1.807) is 49.8 Å². The number of carbonyl (C=O) groups is 2. The molecular formula is C32H28FN3O5S2. The molecule has 1 aliphatic rings. The summed E-state index contributed by atoms with van der Waals surface area (Å²) in [4.78, 5) is 28.5. The summed E-state index contributed by atoms with van der Waals surface area (Å²) in [7, 11) is -0.953. The molecule has 1 saturated heterocycles. The van der Waals surface area contributed by atoms with Gasteiger partial charge in [0, 0.05) is 54.9 Å². The Labute approximate surface area is 252 Å². The van der Waals surface area contributed by atoms with Gasteiger partial charge < -0.3 is 14.9 Å². The van der Waals surface area contributed by atoms with Crippen LogP contribution >= 0.6 is 11.3 Å². The van der Waals surface area contributed by atoms with Crippen LogP contribution in [0.3, 0.4) is 0 Å². The van der Waals surface area contributed by atoms with Crippen molar-refractivity contribution in [2.45, 2.75) is 11.8 Å². The lowest BCUT2D eigenvalue weighted by Crippen LogP contribution is -2.50. The molecule has 1 fully saturated rings. The summed E-state index contributed by atoms with van der Waals surface area (Å²) in [5, 5.41) is 11.5. The molecule has 1 aliphatic heterocycles. The fourth-order valence-corrected chi connectivity index (χ4v) is 7.87. The zero-order valence-electron chi connectivity index (χ0n) is 23.6. The number of benzene rings is 3. The van der Waals surface area contributed by atoms with E-state index >= 15 is 0 Å². The number of carbonyl (C=O) groups excluding carboxylic acids is 1. The van der Waals surface area contributed by atoms with Gasteiger partial charge in [-0.25, -0.2) is 16.8 Å². The van der Waals surface area contributed by atoms with Crippen molar-refractivity contribution in [3.8, 4) is 22.4 Å². The number of aryl methyl sites for hydroxylation is 1. The zero-order chi connectivity index (χ0) is 30.6. The summed E-state index contributed by atoms with van der Waals surface area (Å²) >= 11 is 1.23. The number of nitrogens with zero attached hydrogens (tertiary/aromatic N) is 3. The van der Waals surface area contributed by atoms with Crippen molar-refractivity contribution >= 4 is 49.8 Å². The molecule has 220 valence electrons. The molecule has 0 unspecified atom stereocenters. The third-order valence-electron chi connectivity index (χ3n) is 7.70. The van der Waals surface area contributed by atoms with Gasteiger partial charge in [-0.15, -0.1) is 11.3 Å². The van der Waals surface area contributed by atoms with Crippen LogP contribution in [-0.4, -0.2) is 61.5 Å². The number of anilines is 1. The molecule has 3 heterocycles. The van der Waals surface area contributed by atoms with Gasteiger partial charge in [0.05, 0.1) is 26.9 Å². The van der Waals surface area contributed by atoms with Gasteiger partial charge in [0.1, 0.15) is 5.82 Å². The zero-order valence-corrected chi connectivity index (χ0v) is 25.2. The molecule has 0 saturated carbocycles. The average molecular weight is 618 g/mol. The van der Waals surface area contributed by atoms with Crippen LogP contribution in [0.4, 0.5) is 10.1 Å². The van der Waals surface area contributed by atoms with Crippen LogP contribution in [0.2, 0.25) is 0 Å². The number of hydrogen-bond acceptors (Lipinski definition) is 6. The van der Waals surface area contributed by atoms with Gasteiger partial charge >= 0.3 is 5.97 Å². The maximum atomic E-state index is 14.9. The van der Waals surface area contributed by atoms with Crippen molar-refractivity contribution in [3.63, 3.8) is 0 Å². The van der Waals surface area contributed by atoms with Crippen LogP contribution in [0.25, 0.3) is 33.3 Å². The van der Waals surface area contributed by atoms with Gasteiger partial charge in [0.25, 0.3) is 15.9 Å². The van der Waals surface area contributed by atoms with E-state index in [0.29, 0.717) is 40.0 Å². The van der Waals surface area contributed by atoms with E-state index in [-0.39, 0.29) is 22.0 Å². The van der Waals surface area contributed by atoms with Crippen molar-refractivity contribution in [1.29, 1.82) is 0 Å². The molecule has 1 amide bonds. The predicted molar refractivity (Wildman–Crippen MR) is 166 cm³/mol. The monoisotopic (exact) mass is 617 g/mol. The number of thiophene rings is 1. The molecule has 11 heteroatoms. The molecule has 1 N–H and O–H groups in total. The van der Waals surface area contributed by atoms with Crippen molar-refractivity contribution in [2.24, 2.45) is 5.92 Å². The first-order valence-electron chi connectivity index (χ1n) is 13.5. The Morgan fingerprint density at radius 1 is 1.00 bits per heavy atom. The fourth-order valence-electron chi connectivity index (χ4n) is 5.41. The predicted octanol–water partition coefficient (Wildman–Crippen LogP) is 5.94. The minimum atomic E-state index is -4.23. The Bertz CT molecular complexity index is 2010. The van der Waals surface area contributed by atoms with E-state index in [9.17, 15) is 27.5 Å². The summed E-state index contributed by atoms with van der Waals surface area (Å²) in [6.07, 6.45) is 0. The van der Waals surface area contributed by atoms with Crippen LogP contribution in [0.1, 0.15) is 15.2 Å². The van der Waals surface area contributed by atoms with E-state index in [2.05, 4.69) is 0 Å². The van der Waals surface area contributed by atoms with Gasteiger partial charge in [-0.05, 0) is 60.8 Å². The van der Waals surface area contributed by atoms with Crippen molar-refractivity contribution in [3.05, 3.63) is 94.4 Å². The smallest absolute Gasteiger partial charge is 0.310 e. The lowest BCUT2D eigenvalue weighted by Gasteiger charge is -2.38. The van der Waals surface area contributed by atoms with Gasteiger partial charge in [-0.3, -0.25) is 9.59 Å².